The Balaban J connectivity index is 2.12. The third-order valence-corrected chi connectivity index (χ3v) is 6.29. The lowest BCUT2D eigenvalue weighted by atomic mass is 9.92. The third kappa shape index (κ3) is 8.90. The summed E-state index contributed by atoms with van der Waals surface area (Å²) >= 11 is 6.11. The van der Waals surface area contributed by atoms with Gasteiger partial charge in [-0.15, -0.1) is 0 Å². The predicted molar refractivity (Wildman–Crippen MR) is 142 cm³/mol. The number of halogens is 1. The largest absolute Gasteiger partial charge is 0.493 e. The predicted octanol–water partition coefficient (Wildman–Crippen LogP) is 5.67. The van der Waals surface area contributed by atoms with Gasteiger partial charge in [0.2, 0.25) is 6.79 Å². The average molecular weight is 550 g/mol. The summed E-state index contributed by atoms with van der Waals surface area (Å²) in [6.45, 7) is 8.32. The van der Waals surface area contributed by atoms with Crippen molar-refractivity contribution in [2.75, 3.05) is 13.9 Å². The topological polar surface area (TPSA) is 110 Å². The van der Waals surface area contributed by atoms with Gasteiger partial charge >= 0.3 is 11.9 Å². The SMILES string of the molecule is CCC(CC)[C@@H](Oc1cccc(Cl)c1)[C@H](C)OC(=O)[C@H](C)CC(=O)c1nccc(OC)c1OCOC(C)=O. The van der Waals surface area contributed by atoms with Crippen molar-refractivity contribution in [3.05, 3.63) is 47.2 Å². The van der Waals surface area contributed by atoms with E-state index >= 15 is 0 Å². The van der Waals surface area contributed by atoms with E-state index in [-0.39, 0.29) is 29.5 Å². The Hall–Kier alpha value is -3.33. The molecule has 10 heteroatoms. The van der Waals surface area contributed by atoms with E-state index in [0.29, 0.717) is 10.8 Å². The molecule has 1 aromatic heterocycles. The molecule has 2 aromatic rings. The van der Waals surface area contributed by atoms with Gasteiger partial charge in [0.05, 0.1) is 13.0 Å². The first-order valence-corrected chi connectivity index (χ1v) is 12.9. The van der Waals surface area contributed by atoms with Gasteiger partial charge in [0.25, 0.3) is 0 Å². The molecule has 0 bridgehead atoms. The summed E-state index contributed by atoms with van der Waals surface area (Å²) in [5.74, 6) is -1.32. The van der Waals surface area contributed by atoms with Crippen LogP contribution in [0.5, 0.6) is 17.2 Å². The number of methoxy groups -OCH3 is 1. The van der Waals surface area contributed by atoms with Crippen LogP contribution in [0.1, 0.15) is 64.4 Å². The number of pyridine rings is 1. The van der Waals surface area contributed by atoms with Crippen LogP contribution in [-0.2, 0) is 19.1 Å². The van der Waals surface area contributed by atoms with Crippen LogP contribution in [0.3, 0.4) is 0 Å². The fourth-order valence-electron chi connectivity index (χ4n) is 3.95. The molecular weight excluding hydrogens is 514 g/mol. The zero-order chi connectivity index (χ0) is 28.2. The molecule has 3 atom stereocenters. The van der Waals surface area contributed by atoms with Crippen LogP contribution < -0.4 is 14.2 Å². The Labute approximate surface area is 228 Å². The maximum absolute atomic E-state index is 13.1. The first-order valence-electron chi connectivity index (χ1n) is 12.6. The minimum atomic E-state index is -0.771. The molecule has 0 fully saturated rings. The molecule has 0 saturated heterocycles. The van der Waals surface area contributed by atoms with Crippen molar-refractivity contribution in [2.24, 2.45) is 11.8 Å². The summed E-state index contributed by atoms with van der Waals surface area (Å²) in [7, 11) is 1.41. The van der Waals surface area contributed by atoms with Crippen molar-refractivity contribution in [1.29, 1.82) is 0 Å². The molecule has 0 aliphatic carbocycles. The molecule has 0 N–H and O–H groups in total. The van der Waals surface area contributed by atoms with Gasteiger partial charge in [0, 0.05) is 30.6 Å². The van der Waals surface area contributed by atoms with Crippen LogP contribution in [0.2, 0.25) is 5.02 Å². The summed E-state index contributed by atoms with van der Waals surface area (Å²) in [4.78, 5) is 41.3. The lowest BCUT2D eigenvalue weighted by Crippen LogP contribution is -2.40. The molecule has 0 spiro atoms. The van der Waals surface area contributed by atoms with Crippen molar-refractivity contribution in [1.82, 2.24) is 4.98 Å². The normalized spacial score (nSPS) is 13.3. The molecule has 0 radical (unpaired) electrons. The lowest BCUT2D eigenvalue weighted by Gasteiger charge is -2.31. The van der Waals surface area contributed by atoms with E-state index in [0.717, 1.165) is 12.8 Å². The summed E-state index contributed by atoms with van der Waals surface area (Å²) in [5, 5.41) is 0.546. The van der Waals surface area contributed by atoms with Gasteiger partial charge in [0.1, 0.15) is 18.0 Å². The Kier molecular flexibility index (Phi) is 12.3. The van der Waals surface area contributed by atoms with E-state index in [1.165, 1.54) is 26.3 Å². The lowest BCUT2D eigenvalue weighted by molar-refractivity contribution is -0.159. The molecule has 208 valence electrons. The number of hydrogen-bond donors (Lipinski definition) is 0. The zero-order valence-corrected chi connectivity index (χ0v) is 23.4. The van der Waals surface area contributed by atoms with E-state index in [1.54, 1.807) is 38.1 Å². The van der Waals surface area contributed by atoms with Crippen molar-refractivity contribution in [2.45, 2.75) is 66.1 Å². The highest BCUT2D eigenvalue weighted by atomic mass is 35.5. The Morgan fingerprint density at radius 1 is 1.08 bits per heavy atom. The monoisotopic (exact) mass is 549 g/mol. The first-order chi connectivity index (χ1) is 18.1. The minimum Gasteiger partial charge on any atom is -0.493 e. The summed E-state index contributed by atoms with van der Waals surface area (Å²) in [6, 6.07) is 8.58. The molecule has 1 aromatic carbocycles. The highest BCUT2D eigenvalue weighted by Crippen LogP contribution is 2.31. The van der Waals surface area contributed by atoms with Crippen LogP contribution >= 0.6 is 11.6 Å². The van der Waals surface area contributed by atoms with Gasteiger partial charge in [-0.25, -0.2) is 4.98 Å². The number of rotatable bonds is 15. The molecule has 9 nitrogen and oxygen atoms in total. The van der Waals surface area contributed by atoms with Crippen LogP contribution in [0, 0.1) is 11.8 Å². The Morgan fingerprint density at radius 3 is 2.39 bits per heavy atom. The van der Waals surface area contributed by atoms with Crippen molar-refractivity contribution in [3.8, 4) is 17.2 Å². The number of Topliss-reactive ketones (excluding diaryl/α,β-unsaturated/α-hetero) is 1. The molecule has 2 rings (SSSR count). The van der Waals surface area contributed by atoms with Crippen molar-refractivity contribution in [3.63, 3.8) is 0 Å². The molecule has 1 heterocycles. The number of ketones is 1. The van der Waals surface area contributed by atoms with Gasteiger partial charge in [0.15, 0.2) is 23.0 Å². The van der Waals surface area contributed by atoms with E-state index in [9.17, 15) is 14.4 Å². The molecule has 0 amide bonds. The number of esters is 2. The van der Waals surface area contributed by atoms with Gasteiger partial charge in [-0.3, -0.25) is 14.4 Å². The number of ether oxygens (including phenoxy) is 5. The molecule has 0 saturated carbocycles. The van der Waals surface area contributed by atoms with E-state index in [2.05, 4.69) is 18.8 Å². The molecule has 0 aliphatic rings. The fourth-order valence-corrected chi connectivity index (χ4v) is 4.13. The number of benzene rings is 1. The number of aromatic nitrogens is 1. The standard InChI is InChI=1S/C28H36ClNO8/c1-7-20(8-2)26(38-22-11-9-10-21(29)15-22)18(4)37-28(33)17(3)14-23(32)25-27(36-16-35-19(5)31)24(34-6)12-13-30-25/h9-13,15,17-18,20,26H,7-8,14,16H2,1-6H3/t17-,18+,26+/m1/s1. The van der Waals surface area contributed by atoms with E-state index in [4.69, 9.17) is 35.3 Å². The fraction of sp³-hybridized carbons (Fsp3) is 0.500. The number of carbonyl (C=O) groups is 3. The Bertz CT molecular complexity index is 1090. The highest BCUT2D eigenvalue weighted by Gasteiger charge is 2.32. The third-order valence-electron chi connectivity index (χ3n) is 6.06. The van der Waals surface area contributed by atoms with Crippen LogP contribution in [-0.4, -0.2) is 48.8 Å². The summed E-state index contributed by atoms with van der Waals surface area (Å²) in [5.41, 5.74) is -0.0385. The van der Waals surface area contributed by atoms with E-state index in [1.807, 2.05) is 0 Å². The van der Waals surface area contributed by atoms with Gasteiger partial charge < -0.3 is 23.7 Å². The van der Waals surface area contributed by atoms with Crippen molar-refractivity contribution < 1.29 is 38.1 Å². The molecule has 0 aliphatic heterocycles. The highest BCUT2D eigenvalue weighted by molar-refractivity contribution is 6.30. The van der Waals surface area contributed by atoms with Gasteiger partial charge in [-0.1, -0.05) is 38.4 Å². The zero-order valence-electron chi connectivity index (χ0n) is 22.7. The maximum Gasteiger partial charge on any atom is 0.309 e. The second kappa shape index (κ2) is 15.2. The maximum atomic E-state index is 13.1. The number of nitrogens with zero attached hydrogens (tertiary/aromatic N) is 1. The van der Waals surface area contributed by atoms with Crippen molar-refractivity contribution >= 4 is 29.3 Å². The summed E-state index contributed by atoms with van der Waals surface area (Å²) < 4.78 is 27.5. The summed E-state index contributed by atoms with van der Waals surface area (Å²) in [6.07, 6.45) is 1.88. The van der Waals surface area contributed by atoms with Crippen LogP contribution in [0.25, 0.3) is 0 Å². The van der Waals surface area contributed by atoms with Crippen LogP contribution in [0.15, 0.2) is 36.5 Å². The van der Waals surface area contributed by atoms with Gasteiger partial charge in [-0.05, 0) is 43.9 Å². The second-order valence-corrected chi connectivity index (χ2v) is 9.31. The molecular formula is C28H36ClNO8. The first kappa shape index (κ1) is 30.9. The van der Waals surface area contributed by atoms with E-state index < -0.39 is 42.6 Å². The minimum absolute atomic E-state index is 0.0268. The molecule has 38 heavy (non-hydrogen) atoms. The van der Waals surface area contributed by atoms with Gasteiger partial charge in [-0.2, -0.15) is 0 Å². The average Bonchev–Trinajstić information content (AvgIpc) is 2.88. The number of carbonyl (C=O) groups excluding carboxylic acids is 3. The smallest absolute Gasteiger partial charge is 0.309 e. The quantitative estimate of drug-likeness (QED) is 0.158. The second-order valence-electron chi connectivity index (χ2n) is 8.88. The Morgan fingerprint density at radius 2 is 1.79 bits per heavy atom. The molecule has 0 unspecified atom stereocenters. The number of hydrogen-bond acceptors (Lipinski definition) is 9. The van der Waals surface area contributed by atoms with Crippen LogP contribution in [0.4, 0.5) is 0 Å².